The molecule has 0 aliphatic heterocycles. The molecule has 4 aromatic carbocycles. The van der Waals surface area contributed by atoms with Gasteiger partial charge < -0.3 is 0 Å². The van der Waals surface area contributed by atoms with Crippen LogP contribution in [0.25, 0.3) is 47.5 Å². The lowest BCUT2D eigenvalue weighted by molar-refractivity contribution is 1.08. The van der Waals surface area contributed by atoms with E-state index >= 15 is 0 Å². The molecule has 0 saturated heterocycles. The fraction of sp³-hybridized carbons (Fsp3) is 0. The molecule has 0 unspecified atom stereocenters. The smallest absolute Gasteiger partial charge is 0.263 e. The maximum Gasteiger partial charge on any atom is 0.263 e. The van der Waals surface area contributed by atoms with Crippen molar-refractivity contribution in [2.45, 2.75) is 0 Å². The number of hydrogen-bond acceptors (Lipinski definition) is 2. The minimum absolute atomic E-state index is 0.0271. The molecule has 2 nitrogen and oxygen atoms in total. The average Bonchev–Trinajstić information content (AvgIpc) is 3.14. The molecular formula is C25H15NOS. The maximum atomic E-state index is 13.6. The second kappa shape index (κ2) is 5.78. The molecule has 3 heteroatoms. The lowest BCUT2D eigenvalue weighted by Crippen LogP contribution is -2.19. The Kier molecular flexibility index (Phi) is 3.22. The normalized spacial score (nSPS) is 11.7. The molecule has 2 aromatic heterocycles. The van der Waals surface area contributed by atoms with E-state index in [-0.39, 0.29) is 5.56 Å². The molecular weight excluding hydrogens is 362 g/mol. The Morgan fingerprint density at radius 1 is 0.571 bits per heavy atom. The SMILES string of the molecule is O=c1c2ccccc2c2ccccc2n1-c1cccc2c1sc1ccccc12. The van der Waals surface area contributed by atoms with Gasteiger partial charge in [0.2, 0.25) is 0 Å². The first-order chi connectivity index (χ1) is 13.8. The largest absolute Gasteiger partial charge is 0.275 e. The van der Waals surface area contributed by atoms with Gasteiger partial charge in [-0.3, -0.25) is 9.36 Å². The Morgan fingerprint density at radius 3 is 2.07 bits per heavy atom. The number of thiophene rings is 1. The van der Waals surface area contributed by atoms with Crippen LogP contribution in [0.15, 0.2) is 95.8 Å². The second-order valence-corrected chi connectivity index (χ2v) is 8.01. The number of aromatic nitrogens is 1. The van der Waals surface area contributed by atoms with Crippen molar-refractivity contribution < 1.29 is 0 Å². The summed E-state index contributed by atoms with van der Waals surface area (Å²) >= 11 is 1.75. The Morgan fingerprint density at radius 2 is 1.21 bits per heavy atom. The zero-order chi connectivity index (χ0) is 18.7. The van der Waals surface area contributed by atoms with Gasteiger partial charge in [-0.25, -0.2) is 0 Å². The molecule has 132 valence electrons. The lowest BCUT2D eigenvalue weighted by atomic mass is 10.1. The van der Waals surface area contributed by atoms with Crippen LogP contribution in [0.5, 0.6) is 0 Å². The van der Waals surface area contributed by atoms with E-state index < -0.39 is 0 Å². The summed E-state index contributed by atoms with van der Waals surface area (Å²) < 4.78 is 4.27. The van der Waals surface area contributed by atoms with Crippen molar-refractivity contribution in [3.05, 3.63) is 101 Å². The third-order valence-electron chi connectivity index (χ3n) is 5.42. The van der Waals surface area contributed by atoms with E-state index in [1.807, 2.05) is 53.1 Å². The molecule has 0 aliphatic rings. The molecule has 0 atom stereocenters. The average molecular weight is 377 g/mol. The Bertz CT molecular complexity index is 1590. The maximum absolute atomic E-state index is 13.6. The topological polar surface area (TPSA) is 22.0 Å². The van der Waals surface area contributed by atoms with E-state index in [0.29, 0.717) is 0 Å². The van der Waals surface area contributed by atoms with Gasteiger partial charge in [-0.05, 0) is 29.7 Å². The van der Waals surface area contributed by atoms with Crippen LogP contribution in [-0.4, -0.2) is 4.57 Å². The highest BCUT2D eigenvalue weighted by Crippen LogP contribution is 2.38. The van der Waals surface area contributed by atoms with Gasteiger partial charge in [0.1, 0.15) is 0 Å². The number of fused-ring (bicyclic) bond motifs is 6. The van der Waals surface area contributed by atoms with Gasteiger partial charge in [0.15, 0.2) is 0 Å². The Balaban J connectivity index is 1.85. The minimum atomic E-state index is 0.0271. The van der Waals surface area contributed by atoms with E-state index in [1.54, 1.807) is 11.3 Å². The van der Waals surface area contributed by atoms with Gasteiger partial charge in [0, 0.05) is 26.2 Å². The number of pyridine rings is 1. The predicted octanol–water partition coefficient (Wildman–Crippen LogP) is 6.51. The summed E-state index contributed by atoms with van der Waals surface area (Å²) in [5.41, 5.74) is 1.92. The fourth-order valence-electron chi connectivity index (χ4n) is 4.18. The Labute approximate surface area is 164 Å². The van der Waals surface area contributed by atoms with Crippen LogP contribution in [0.2, 0.25) is 0 Å². The zero-order valence-corrected chi connectivity index (χ0v) is 15.7. The molecule has 6 rings (SSSR count). The highest BCUT2D eigenvalue weighted by atomic mass is 32.1. The van der Waals surface area contributed by atoms with Gasteiger partial charge in [0.25, 0.3) is 5.56 Å². The van der Waals surface area contributed by atoms with Crippen LogP contribution in [-0.2, 0) is 0 Å². The quantitative estimate of drug-likeness (QED) is 0.299. The summed E-state index contributed by atoms with van der Waals surface area (Å²) in [6.07, 6.45) is 0. The monoisotopic (exact) mass is 377 g/mol. The van der Waals surface area contributed by atoms with Gasteiger partial charge >= 0.3 is 0 Å². The van der Waals surface area contributed by atoms with Crippen molar-refractivity contribution >= 4 is 53.2 Å². The van der Waals surface area contributed by atoms with Crippen LogP contribution in [0.4, 0.5) is 0 Å². The molecule has 0 amide bonds. The van der Waals surface area contributed by atoms with Gasteiger partial charge in [0.05, 0.1) is 15.9 Å². The molecule has 6 aromatic rings. The summed E-state index contributed by atoms with van der Waals surface area (Å²) in [6.45, 7) is 0. The van der Waals surface area contributed by atoms with Crippen molar-refractivity contribution in [2.24, 2.45) is 0 Å². The summed E-state index contributed by atoms with van der Waals surface area (Å²) in [5, 5.41) is 5.28. The number of rotatable bonds is 1. The standard InChI is InChI=1S/C25H15NOS/c27-25-20-11-2-1-8-16(20)17-9-3-5-13-21(17)26(25)22-14-7-12-19-18-10-4-6-15-23(18)28-24(19)22/h1-15H. The molecule has 28 heavy (non-hydrogen) atoms. The zero-order valence-electron chi connectivity index (χ0n) is 14.9. The highest BCUT2D eigenvalue weighted by molar-refractivity contribution is 7.26. The Hall–Kier alpha value is -3.43. The first kappa shape index (κ1) is 15.6. The summed E-state index contributed by atoms with van der Waals surface area (Å²) in [6, 6.07) is 30.7. The summed E-state index contributed by atoms with van der Waals surface area (Å²) in [5.74, 6) is 0. The third kappa shape index (κ3) is 2.05. The first-order valence-electron chi connectivity index (χ1n) is 9.26. The first-order valence-corrected chi connectivity index (χ1v) is 10.1. The van der Waals surface area contributed by atoms with E-state index in [2.05, 4.69) is 42.5 Å². The molecule has 0 fully saturated rings. The predicted molar refractivity (Wildman–Crippen MR) is 120 cm³/mol. The van der Waals surface area contributed by atoms with Gasteiger partial charge in [-0.15, -0.1) is 11.3 Å². The molecule has 0 bridgehead atoms. The molecule has 0 spiro atoms. The van der Waals surface area contributed by atoms with E-state index in [4.69, 9.17) is 0 Å². The second-order valence-electron chi connectivity index (χ2n) is 6.96. The molecule has 0 aliphatic carbocycles. The van der Waals surface area contributed by atoms with Gasteiger partial charge in [-0.2, -0.15) is 0 Å². The van der Waals surface area contributed by atoms with Crippen LogP contribution in [0, 0.1) is 0 Å². The molecule has 0 radical (unpaired) electrons. The number of benzene rings is 4. The van der Waals surface area contributed by atoms with Crippen molar-refractivity contribution in [1.29, 1.82) is 0 Å². The number of para-hydroxylation sites is 1. The van der Waals surface area contributed by atoms with Crippen LogP contribution in [0.3, 0.4) is 0 Å². The van der Waals surface area contributed by atoms with Crippen LogP contribution in [0.1, 0.15) is 0 Å². The highest BCUT2D eigenvalue weighted by Gasteiger charge is 2.15. The summed E-state index contributed by atoms with van der Waals surface area (Å²) in [4.78, 5) is 13.6. The van der Waals surface area contributed by atoms with E-state index in [9.17, 15) is 4.79 Å². The molecule has 0 N–H and O–H groups in total. The third-order valence-corrected chi connectivity index (χ3v) is 6.63. The van der Waals surface area contributed by atoms with Crippen molar-refractivity contribution in [3.8, 4) is 5.69 Å². The summed E-state index contributed by atoms with van der Waals surface area (Å²) in [7, 11) is 0. The number of hydrogen-bond donors (Lipinski definition) is 0. The van der Waals surface area contributed by atoms with Crippen LogP contribution < -0.4 is 5.56 Å². The van der Waals surface area contributed by atoms with E-state index in [0.717, 1.165) is 32.1 Å². The lowest BCUT2D eigenvalue weighted by Gasteiger charge is -2.14. The van der Waals surface area contributed by atoms with Gasteiger partial charge in [-0.1, -0.05) is 66.7 Å². The van der Waals surface area contributed by atoms with Crippen molar-refractivity contribution in [2.75, 3.05) is 0 Å². The fourth-order valence-corrected chi connectivity index (χ4v) is 5.38. The molecule has 2 heterocycles. The minimum Gasteiger partial charge on any atom is -0.275 e. The molecule has 0 saturated carbocycles. The van der Waals surface area contributed by atoms with Crippen molar-refractivity contribution in [1.82, 2.24) is 4.57 Å². The van der Waals surface area contributed by atoms with E-state index in [1.165, 1.54) is 15.5 Å². The van der Waals surface area contributed by atoms with Crippen molar-refractivity contribution in [3.63, 3.8) is 0 Å². The number of nitrogens with zero attached hydrogens (tertiary/aromatic N) is 1. The van der Waals surface area contributed by atoms with Crippen LogP contribution >= 0.6 is 11.3 Å².